The third-order valence-electron chi connectivity index (χ3n) is 7.31. The van der Waals surface area contributed by atoms with Crippen molar-refractivity contribution in [2.45, 2.75) is 65.7 Å². The predicted molar refractivity (Wildman–Crippen MR) is 323 cm³/mol. The van der Waals surface area contributed by atoms with Gasteiger partial charge in [-0.2, -0.15) is 8.42 Å². The summed E-state index contributed by atoms with van der Waals surface area (Å²) >= 11 is 6.41. The second kappa shape index (κ2) is 96.5. The Morgan fingerprint density at radius 3 is 1.04 bits per heavy atom. The SMILES string of the molecule is BrCCCc1ccccc1.C.CS(=O)(=O)Cl.CS(=O)(=O)OCCCc1ccccc1.Cc1ccccc1.OCCBr.OCCCc1ccccc1.[2H]CF.[CH3-].[CH3-].[CH3-].[CH3-].[CH3-].[N-]=[N+]=NCCCc1ccccc1.[N-]=[N+]=[N-].[Na+].[Y].[Y].[Y].[Y].[Y]. The number of hydrogen-bond acceptors (Lipinski definition) is 8. The van der Waals surface area contributed by atoms with Gasteiger partial charge in [-0.3, -0.25) is 13.5 Å². The van der Waals surface area contributed by atoms with Gasteiger partial charge >= 0.3 is 29.6 Å². The fourth-order valence-corrected chi connectivity index (χ4v) is 5.25. The number of alkyl halides is 3. The van der Waals surface area contributed by atoms with Gasteiger partial charge in [0.25, 0.3) is 10.1 Å². The molecule has 5 aromatic rings. The second-order valence-corrected chi connectivity index (χ2v) is 19.4. The Morgan fingerprint density at radius 2 is 0.823 bits per heavy atom. The van der Waals surface area contributed by atoms with Crippen molar-refractivity contribution in [2.24, 2.45) is 5.11 Å². The monoisotopic (exact) mass is 1670 g/mol. The van der Waals surface area contributed by atoms with Crippen molar-refractivity contribution in [3.05, 3.63) is 243 Å². The average molecular weight is 1680 g/mol. The van der Waals surface area contributed by atoms with Crippen molar-refractivity contribution in [2.75, 3.05) is 56.7 Å². The third-order valence-corrected chi connectivity index (χ3v) is 8.82. The summed E-state index contributed by atoms with van der Waals surface area (Å²) in [7, 11) is -2.97. The number of halogens is 4. The van der Waals surface area contributed by atoms with Gasteiger partial charge in [-0.05, 0) is 86.1 Å². The number of rotatable bonds is 16. The van der Waals surface area contributed by atoms with Crippen LogP contribution in [0.2, 0.25) is 0 Å². The summed E-state index contributed by atoms with van der Waals surface area (Å²) in [5.74, 6) is 0. The van der Waals surface area contributed by atoms with Crippen LogP contribution in [0.3, 0.4) is 0 Å². The molecule has 13 nitrogen and oxygen atoms in total. The Balaban J connectivity index is -0.0000000418. The first-order chi connectivity index (χ1) is 32.5. The van der Waals surface area contributed by atoms with E-state index in [1.165, 1.54) is 45.6 Å². The van der Waals surface area contributed by atoms with Crippen molar-refractivity contribution in [1.82, 2.24) is 0 Å². The van der Waals surface area contributed by atoms with Crippen LogP contribution in [0.15, 0.2) is 157 Å². The number of azide groups is 1. The zero-order chi connectivity index (χ0) is 52.0. The average Bonchev–Trinajstić information content (AvgIpc) is 3.33. The Morgan fingerprint density at radius 1 is 0.570 bits per heavy atom. The maximum atomic E-state index is 10.6. The molecule has 25 heteroatoms. The van der Waals surface area contributed by atoms with E-state index in [9.17, 15) is 21.2 Å². The number of aliphatic hydroxyl groups is 2. The molecule has 0 aliphatic rings. The van der Waals surface area contributed by atoms with Crippen molar-refractivity contribution in [3.8, 4) is 0 Å². The maximum absolute atomic E-state index is 10.6. The van der Waals surface area contributed by atoms with Gasteiger partial charge in [0.15, 0.2) is 0 Å². The number of nitrogens with zero attached hydrogens (tertiary/aromatic N) is 6. The molecule has 5 aromatic carbocycles. The summed E-state index contributed by atoms with van der Waals surface area (Å²) in [5, 5.41) is 21.6. The topological polar surface area (TPSA) is 225 Å². The molecular formula is C54H86Br2ClFN6NaO7S2Y5-5. The van der Waals surface area contributed by atoms with Gasteiger partial charge in [0.2, 0.25) is 9.05 Å². The van der Waals surface area contributed by atoms with Crippen LogP contribution in [-0.2, 0) is 213 Å². The summed E-state index contributed by atoms with van der Waals surface area (Å²) in [6.07, 6.45) is 9.73. The molecule has 0 aromatic heterocycles. The van der Waals surface area contributed by atoms with Crippen molar-refractivity contribution < 1.29 is 230 Å². The molecule has 435 valence electrons. The van der Waals surface area contributed by atoms with Gasteiger partial charge in [-0.15, -0.1) is 0 Å². The fraction of sp³-hybridized carbons (Fsp3) is 0.352. The quantitative estimate of drug-likeness (QED) is 0.0112. The van der Waals surface area contributed by atoms with Gasteiger partial charge in [-0.25, -0.2) is 8.42 Å². The minimum atomic E-state index is -3.28. The van der Waals surface area contributed by atoms with Crippen LogP contribution in [0.25, 0.3) is 26.4 Å². The van der Waals surface area contributed by atoms with E-state index >= 15 is 0 Å². The van der Waals surface area contributed by atoms with E-state index in [0.29, 0.717) is 11.9 Å². The zero-order valence-electron chi connectivity index (χ0n) is 48.4. The molecule has 0 fully saturated rings. The standard InChI is InChI=1S/C10H14O3S.C9H11Br.C9H11N3.C9H12O.C7H8.C2H5BrO.CH3ClO2S.CH3F.CH4.5CH3.N3.Na.5Y/c1-14(11,12)13-9-5-8-10-6-3-2-4-7-10;10-8-4-7-9-5-2-1-3-6-9;10-12-11-8-4-7-9-5-2-1-3-6-9;10-8-4-7-9-5-2-1-3-6-9;1-7-5-3-2-4-6-7;3-1-2-4;1-5(2,3)4;1-2;;;;;;;1-3-2;;;;;;/h2-4,6-7H,5,8-9H2,1H3;1-3,5-6H,4,7-8H2;1-3,5-6H,4,7-8H2;1-3,5-6,10H,4,7-8H2;2-6H,1H3;4H,1-2H2;1H3;1H3;1H4;5*1H3;;;;;;;/q;;;;;;;;;6*-1;+1;;;;;/i;;;;;;;1D;;;;;;;;;;;;;. The van der Waals surface area contributed by atoms with Crippen LogP contribution in [0.5, 0.6) is 0 Å². The molecule has 0 saturated carbocycles. The van der Waals surface area contributed by atoms with Gasteiger partial charge in [0.05, 0.1) is 34.2 Å². The number of hydrogen-bond donors (Lipinski definition) is 2. The van der Waals surface area contributed by atoms with Crippen molar-refractivity contribution in [1.29, 1.82) is 0 Å². The molecule has 2 N–H and O–H groups in total. The Kier molecular flexibility index (Phi) is 146. The van der Waals surface area contributed by atoms with Crippen LogP contribution < -0.4 is 29.6 Å². The van der Waals surface area contributed by atoms with Crippen LogP contribution in [0.1, 0.15) is 62.3 Å². The molecule has 0 spiro atoms. The Labute approximate surface area is 651 Å². The first-order valence-electron chi connectivity index (χ1n) is 21.3. The van der Waals surface area contributed by atoms with Crippen molar-refractivity contribution >= 4 is 61.7 Å². The Bertz CT molecular complexity index is 2110. The molecule has 0 saturated heterocycles. The summed E-state index contributed by atoms with van der Waals surface area (Å²) in [6.45, 7) is 3.45. The molecule has 0 aliphatic heterocycles. The van der Waals surface area contributed by atoms with E-state index in [0.717, 1.165) is 56.4 Å². The normalized spacial score (nSPS) is 8.09. The van der Waals surface area contributed by atoms with E-state index < -0.39 is 26.3 Å². The second-order valence-electron chi connectivity index (χ2n) is 13.1. The van der Waals surface area contributed by atoms with Gasteiger partial charge in [-0.1, -0.05) is 202 Å². The van der Waals surface area contributed by atoms with Crippen LogP contribution >= 0.6 is 42.5 Å². The first-order valence-corrected chi connectivity index (χ1v) is 27.4. The van der Waals surface area contributed by atoms with Gasteiger partial charge < -0.3 is 58.4 Å². The molecule has 0 aliphatic carbocycles. The molecule has 0 amide bonds. The summed E-state index contributed by atoms with van der Waals surface area (Å²) in [5.41, 5.74) is 28.1. The van der Waals surface area contributed by atoms with Crippen LogP contribution in [0.4, 0.5) is 4.39 Å². The third kappa shape index (κ3) is 115. The molecule has 0 bridgehead atoms. The number of aryl methyl sites for hydroxylation is 5. The summed E-state index contributed by atoms with van der Waals surface area (Å²) < 4.78 is 60.2. The minimum absolute atomic E-state index is 0. The smallest absolute Gasteiger partial charge is 0.396 e. The summed E-state index contributed by atoms with van der Waals surface area (Å²) in [6, 6.07) is 51.1. The Hall–Kier alpha value is 2.20. The van der Waals surface area contributed by atoms with Gasteiger partial charge in [0, 0.05) is 203 Å². The maximum Gasteiger partial charge on any atom is 1.00 e. The molecule has 0 unspecified atom stereocenters. The van der Waals surface area contributed by atoms with E-state index in [-0.39, 0.29) is 257 Å². The fourth-order valence-electron chi connectivity index (χ4n) is 4.55. The molecule has 0 heterocycles. The van der Waals surface area contributed by atoms with Crippen molar-refractivity contribution in [3.63, 3.8) is 0 Å². The minimum Gasteiger partial charge on any atom is -0.396 e. The van der Waals surface area contributed by atoms with Crippen LogP contribution in [0, 0.1) is 44.1 Å². The molecule has 5 rings (SSSR count). The van der Waals surface area contributed by atoms with E-state index in [1.54, 1.807) is 0 Å². The zero-order valence-corrected chi connectivity index (χ0v) is 69.1. The van der Waals surface area contributed by atoms with E-state index in [2.05, 4.69) is 130 Å². The molecule has 79 heavy (non-hydrogen) atoms. The molecule has 0 atom stereocenters. The van der Waals surface area contributed by atoms with E-state index in [1.807, 2.05) is 84.9 Å². The molecule has 5 radical (unpaired) electrons. The number of benzene rings is 5. The summed E-state index contributed by atoms with van der Waals surface area (Å²) in [4.78, 5) is 4.19. The number of aliphatic hydroxyl groups excluding tert-OH is 2. The largest absolute Gasteiger partial charge is 1.00 e. The van der Waals surface area contributed by atoms with E-state index in [4.69, 9.17) is 28.2 Å². The first kappa shape index (κ1) is 119. The predicted octanol–water partition coefficient (Wildman–Crippen LogP) is 13.0. The van der Waals surface area contributed by atoms with Crippen LogP contribution in [-0.4, -0.2) is 83.7 Å². The van der Waals surface area contributed by atoms with Gasteiger partial charge in [0.1, 0.15) is 0 Å². The molecular weight excluding hydrogens is 1590 g/mol.